The van der Waals surface area contributed by atoms with Crippen LogP contribution in [0.15, 0.2) is 237 Å². The van der Waals surface area contributed by atoms with Gasteiger partial charge in [0.2, 0.25) is 0 Å². The quantitative estimate of drug-likeness (QED) is 0.161. The highest BCUT2D eigenvalue weighted by atomic mass is 16.5. The Kier molecular flexibility index (Phi) is 7.97. The first-order valence-electron chi connectivity index (χ1n) is 20.0. The lowest BCUT2D eigenvalue weighted by Gasteiger charge is -2.44. The molecule has 2 aliphatic rings. The van der Waals surface area contributed by atoms with Crippen molar-refractivity contribution in [2.24, 2.45) is 0 Å². The molecule has 1 aliphatic carbocycles. The lowest BCUT2D eigenvalue weighted by molar-refractivity contribution is 0.434. The molecule has 0 unspecified atom stereocenters. The first-order valence-corrected chi connectivity index (χ1v) is 20.0. The van der Waals surface area contributed by atoms with Crippen LogP contribution >= 0.6 is 0 Å². The Morgan fingerprint density at radius 3 is 1.07 bits per heavy atom. The van der Waals surface area contributed by atoms with Crippen molar-refractivity contribution >= 4 is 17.1 Å². The standard InChI is InChI=1S/C56H39NO/c1-4-22-40(23-5-1)55(45-30-12-10-28-43(45)44-29-11-13-31-46(44)55)47-32-14-18-36-51(47)57(42-26-8-3-9-27-42)52-37-19-15-33-48(52)56(41-24-6-2-7-25-41)49-34-16-20-38-53(49)58-54-39-21-17-35-50(54)56/h1-39H. The van der Waals surface area contributed by atoms with Crippen LogP contribution in [0.4, 0.5) is 17.1 Å². The molecule has 0 amide bonds. The number of hydrogen-bond acceptors (Lipinski definition) is 2. The minimum Gasteiger partial charge on any atom is -0.457 e. The molecular formula is C56H39NO. The van der Waals surface area contributed by atoms with E-state index >= 15 is 0 Å². The van der Waals surface area contributed by atoms with Gasteiger partial charge >= 0.3 is 0 Å². The van der Waals surface area contributed by atoms with E-state index in [-0.39, 0.29) is 0 Å². The van der Waals surface area contributed by atoms with Crippen molar-refractivity contribution in [3.8, 4) is 22.6 Å². The van der Waals surface area contributed by atoms with Crippen molar-refractivity contribution in [1.82, 2.24) is 0 Å². The fraction of sp³-hybridized carbons (Fsp3) is 0.0357. The van der Waals surface area contributed by atoms with Gasteiger partial charge in [0, 0.05) is 16.8 Å². The molecule has 0 bridgehead atoms. The van der Waals surface area contributed by atoms with E-state index < -0.39 is 10.8 Å². The van der Waals surface area contributed by atoms with Gasteiger partial charge in [-0.3, -0.25) is 0 Å². The molecule has 0 atom stereocenters. The van der Waals surface area contributed by atoms with Gasteiger partial charge in [0.25, 0.3) is 0 Å². The zero-order valence-corrected chi connectivity index (χ0v) is 31.9. The Balaban J connectivity index is 1.27. The molecule has 0 saturated heterocycles. The lowest BCUT2D eigenvalue weighted by Crippen LogP contribution is -2.36. The highest BCUT2D eigenvalue weighted by Gasteiger charge is 2.50. The molecule has 2 nitrogen and oxygen atoms in total. The molecule has 58 heavy (non-hydrogen) atoms. The van der Waals surface area contributed by atoms with Gasteiger partial charge in [-0.25, -0.2) is 0 Å². The van der Waals surface area contributed by atoms with Crippen LogP contribution in [0.1, 0.15) is 44.5 Å². The van der Waals surface area contributed by atoms with Gasteiger partial charge in [0.15, 0.2) is 0 Å². The fourth-order valence-corrected chi connectivity index (χ4v) is 10.1. The Labute approximate surface area is 339 Å². The number of hydrogen-bond donors (Lipinski definition) is 0. The van der Waals surface area contributed by atoms with Crippen LogP contribution < -0.4 is 9.64 Å². The molecule has 0 radical (unpaired) electrons. The molecule has 9 aromatic carbocycles. The minimum atomic E-state index is -0.727. The van der Waals surface area contributed by atoms with Crippen molar-refractivity contribution in [1.29, 1.82) is 0 Å². The summed E-state index contributed by atoms with van der Waals surface area (Å²) in [5, 5.41) is 0. The van der Waals surface area contributed by atoms with Gasteiger partial charge in [0.1, 0.15) is 11.5 Å². The van der Waals surface area contributed by atoms with E-state index in [1.807, 2.05) is 0 Å². The number of rotatable bonds is 7. The number of ether oxygens (including phenoxy) is 1. The number of para-hydroxylation sites is 5. The Morgan fingerprint density at radius 1 is 0.276 bits per heavy atom. The minimum absolute atomic E-state index is 0.609. The molecule has 0 aromatic heterocycles. The molecule has 274 valence electrons. The normalized spacial score (nSPS) is 13.9. The SMILES string of the molecule is c1ccc(N(c2ccccc2C2(c3ccccc3)c3ccccc3Oc3ccccc32)c2ccccc2C2(c3ccccc3)c3ccccc3-c3ccccc32)cc1. The summed E-state index contributed by atoms with van der Waals surface area (Å²) in [5.41, 5.74) is 14.0. The Bertz CT molecular complexity index is 2840. The van der Waals surface area contributed by atoms with Crippen LogP contribution in [-0.4, -0.2) is 0 Å². The highest BCUT2D eigenvalue weighted by molar-refractivity contribution is 5.91. The zero-order valence-electron chi connectivity index (χ0n) is 31.9. The van der Waals surface area contributed by atoms with E-state index in [0.29, 0.717) is 0 Å². The molecular weight excluding hydrogens is 703 g/mol. The van der Waals surface area contributed by atoms with E-state index in [1.54, 1.807) is 0 Å². The second-order valence-corrected chi connectivity index (χ2v) is 15.1. The fourth-order valence-electron chi connectivity index (χ4n) is 10.1. The molecule has 0 N–H and O–H groups in total. The summed E-state index contributed by atoms with van der Waals surface area (Å²) < 4.78 is 6.75. The van der Waals surface area contributed by atoms with Crippen molar-refractivity contribution in [2.75, 3.05) is 4.90 Å². The van der Waals surface area contributed by atoms with Gasteiger partial charge in [-0.05, 0) is 80.9 Å². The summed E-state index contributed by atoms with van der Waals surface area (Å²) >= 11 is 0. The maximum atomic E-state index is 6.75. The highest BCUT2D eigenvalue weighted by Crippen LogP contribution is 2.61. The van der Waals surface area contributed by atoms with E-state index in [9.17, 15) is 0 Å². The van der Waals surface area contributed by atoms with E-state index in [4.69, 9.17) is 4.74 Å². The van der Waals surface area contributed by atoms with E-state index in [1.165, 1.54) is 38.9 Å². The summed E-state index contributed by atoms with van der Waals surface area (Å²) in [6, 6.07) is 86.0. The van der Waals surface area contributed by atoms with Gasteiger partial charge in [0.05, 0.1) is 22.2 Å². The summed E-state index contributed by atoms with van der Waals surface area (Å²) in [7, 11) is 0. The van der Waals surface area contributed by atoms with Gasteiger partial charge in [-0.15, -0.1) is 0 Å². The van der Waals surface area contributed by atoms with Gasteiger partial charge < -0.3 is 9.64 Å². The third-order valence-electron chi connectivity index (χ3n) is 12.3. The topological polar surface area (TPSA) is 12.5 Å². The average molecular weight is 742 g/mol. The van der Waals surface area contributed by atoms with Crippen molar-refractivity contribution in [3.63, 3.8) is 0 Å². The molecule has 0 spiro atoms. The molecule has 0 saturated carbocycles. The predicted octanol–water partition coefficient (Wildman–Crippen LogP) is 14.0. The van der Waals surface area contributed by atoms with Crippen LogP contribution in [0, 0.1) is 0 Å². The molecule has 11 rings (SSSR count). The number of benzene rings is 9. The number of fused-ring (bicyclic) bond motifs is 5. The second-order valence-electron chi connectivity index (χ2n) is 15.1. The zero-order chi connectivity index (χ0) is 38.5. The van der Waals surface area contributed by atoms with Crippen LogP contribution in [0.5, 0.6) is 11.5 Å². The largest absolute Gasteiger partial charge is 0.457 e. The average Bonchev–Trinajstić information content (AvgIpc) is 3.61. The monoisotopic (exact) mass is 741 g/mol. The molecule has 2 heteroatoms. The van der Waals surface area contributed by atoms with Crippen molar-refractivity contribution in [2.45, 2.75) is 10.8 Å². The summed E-state index contributed by atoms with van der Waals surface area (Å²) in [4.78, 5) is 2.50. The predicted molar refractivity (Wildman–Crippen MR) is 237 cm³/mol. The third kappa shape index (κ3) is 4.85. The second kappa shape index (κ2) is 13.7. The number of nitrogens with zero attached hydrogens (tertiary/aromatic N) is 1. The van der Waals surface area contributed by atoms with E-state index in [2.05, 4.69) is 241 Å². The Hall–Kier alpha value is -7.42. The number of anilines is 3. The summed E-state index contributed by atoms with van der Waals surface area (Å²) in [6.45, 7) is 0. The van der Waals surface area contributed by atoms with Crippen LogP contribution in [0.25, 0.3) is 11.1 Å². The van der Waals surface area contributed by atoms with Crippen LogP contribution in [0.2, 0.25) is 0 Å². The third-order valence-corrected chi connectivity index (χ3v) is 12.3. The lowest BCUT2D eigenvalue weighted by atomic mass is 9.63. The van der Waals surface area contributed by atoms with Gasteiger partial charge in [-0.1, -0.05) is 200 Å². The Morgan fingerprint density at radius 2 is 0.603 bits per heavy atom. The van der Waals surface area contributed by atoms with Crippen LogP contribution in [0.3, 0.4) is 0 Å². The van der Waals surface area contributed by atoms with Gasteiger partial charge in [-0.2, -0.15) is 0 Å². The summed E-state index contributed by atoms with van der Waals surface area (Å²) in [5.74, 6) is 1.71. The smallest absolute Gasteiger partial charge is 0.132 e. The maximum Gasteiger partial charge on any atom is 0.132 e. The first kappa shape index (κ1) is 33.9. The summed E-state index contributed by atoms with van der Waals surface area (Å²) in [6.07, 6.45) is 0. The van der Waals surface area contributed by atoms with Crippen molar-refractivity contribution < 1.29 is 4.74 Å². The maximum absolute atomic E-state index is 6.75. The van der Waals surface area contributed by atoms with E-state index in [0.717, 1.165) is 45.3 Å². The first-order chi connectivity index (χ1) is 28.8. The van der Waals surface area contributed by atoms with Crippen molar-refractivity contribution in [3.05, 3.63) is 281 Å². The molecule has 1 aliphatic heterocycles. The molecule has 0 fully saturated rings. The molecule has 1 heterocycles. The van der Waals surface area contributed by atoms with Crippen LogP contribution in [-0.2, 0) is 10.8 Å². The molecule has 9 aromatic rings.